The van der Waals surface area contributed by atoms with E-state index in [0.29, 0.717) is 26.1 Å². The molecule has 0 saturated heterocycles. The van der Waals surface area contributed by atoms with Crippen molar-refractivity contribution in [1.82, 2.24) is 0 Å². The molecule has 0 fully saturated rings. The van der Waals surface area contributed by atoms with Crippen LogP contribution in [0.25, 0.3) is 0 Å². The average molecular weight is 226 g/mol. The van der Waals surface area contributed by atoms with Gasteiger partial charge in [0.05, 0.1) is 0 Å². The normalized spacial score (nSPS) is 8.47. The van der Waals surface area contributed by atoms with Crippen LogP contribution in [0, 0.1) is 23.7 Å². The third-order valence-electron chi connectivity index (χ3n) is 1.87. The first kappa shape index (κ1) is 13.0. The molecule has 0 aromatic heterocycles. The minimum atomic E-state index is 0.363. The van der Waals surface area contributed by atoms with Crippen LogP contribution in [0.2, 0.25) is 0 Å². The highest BCUT2D eigenvalue weighted by Crippen LogP contribution is 1.94. The van der Waals surface area contributed by atoms with Crippen LogP contribution < -0.4 is 0 Å². The summed E-state index contributed by atoms with van der Waals surface area (Å²) < 4.78 is 5.20. The van der Waals surface area contributed by atoms with Crippen molar-refractivity contribution in [3.05, 3.63) is 35.9 Å². The van der Waals surface area contributed by atoms with Gasteiger partial charge in [-0.15, -0.1) is 5.92 Å². The van der Waals surface area contributed by atoms with E-state index in [9.17, 15) is 4.79 Å². The Bertz CT molecular complexity index is 441. The molecule has 2 heteroatoms. The number of carbonyl (C=O) groups excluding carboxylic acids is 1. The Hall–Kier alpha value is -2.03. The van der Waals surface area contributed by atoms with E-state index in [1.807, 2.05) is 30.3 Å². The van der Waals surface area contributed by atoms with E-state index in [-0.39, 0.29) is 0 Å². The lowest BCUT2D eigenvalue weighted by Gasteiger charge is -1.90. The quantitative estimate of drug-likeness (QED) is 0.446. The van der Waals surface area contributed by atoms with Gasteiger partial charge < -0.3 is 9.53 Å². The Morgan fingerprint density at radius 3 is 2.59 bits per heavy atom. The first-order valence-electron chi connectivity index (χ1n) is 5.44. The fourth-order valence-electron chi connectivity index (χ4n) is 1.08. The molecule has 0 aliphatic rings. The fourth-order valence-corrected chi connectivity index (χ4v) is 1.08. The van der Waals surface area contributed by atoms with E-state index in [1.54, 1.807) is 0 Å². The van der Waals surface area contributed by atoms with Crippen LogP contribution in [0.5, 0.6) is 0 Å². The molecule has 0 atom stereocenters. The van der Waals surface area contributed by atoms with Gasteiger partial charge in [0.2, 0.25) is 0 Å². The summed E-state index contributed by atoms with van der Waals surface area (Å²) in [4.78, 5) is 10.00. The van der Waals surface area contributed by atoms with Crippen molar-refractivity contribution in [2.45, 2.75) is 12.8 Å². The van der Waals surface area contributed by atoms with Crippen molar-refractivity contribution in [3.8, 4) is 23.7 Å². The van der Waals surface area contributed by atoms with Crippen molar-refractivity contribution in [3.63, 3.8) is 0 Å². The van der Waals surface area contributed by atoms with Gasteiger partial charge >= 0.3 is 0 Å². The van der Waals surface area contributed by atoms with Crippen LogP contribution in [0.4, 0.5) is 0 Å². The third-order valence-corrected chi connectivity index (χ3v) is 1.87. The van der Waals surface area contributed by atoms with Crippen LogP contribution in [0.1, 0.15) is 18.4 Å². The highest BCUT2D eigenvalue weighted by Gasteiger charge is 1.82. The lowest BCUT2D eigenvalue weighted by atomic mass is 10.2. The SMILES string of the molecule is O=CCCC#CCOCC#Cc1ccccc1. The topological polar surface area (TPSA) is 26.3 Å². The Morgan fingerprint density at radius 2 is 1.82 bits per heavy atom. The van der Waals surface area contributed by atoms with Crippen LogP contribution in [-0.2, 0) is 9.53 Å². The molecule has 17 heavy (non-hydrogen) atoms. The highest BCUT2D eigenvalue weighted by atomic mass is 16.5. The maximum absolute atomic E-state index is 10.00. The van der Waals surface area contributed by atoms with Gasteiger partial charge in [0.15, 0.2) is 0 Å². The molecule has 1 aromatic carbocycles. The molecule has 86 valence electrons. The molecule has 0 aliphatic carbocycles. The smallest absolute Gasteiger partial charge is 0.120 e. The lowest BCUT2D eigenvalue weighted by Crippen LogP contribution is -1.91. The molecule has 0 unspecified atom stereocenters. The molecule has 0 heterocycles. The minimum Gasteiger partial charge on any atom is -0.356 e. The van der Waals surface area contributed by atoms with Gasteiger partial charge in [0.1, 0.15) is 19.5 Å². The second-order valence-electron chi connectivity index (χ2n) is 3.22. The van der Waals surface area contributed by atoms with E-state index in [1.165, 1.54) is 0 Å². The van der Waals surface area contributed by atoms with Gasteiger partial charge in [-0.1, -0.05) is 36.0 Å². The summed E-state index contributed by atoms with van der Waals surface area (Å²) in [6, 6.07) is 9.75. The predicted molar refractivity (Wildman–Crippen MR) is 67.2 cm³/mol. The Labute approximate surface area is 102 Å². The van der Waals surface area contributed by atoms with E-state index in [0.717, 1.165) is 11.8 Å². The summed E-state index contributed by atoms with van der Waals surface area (Å²) in [6.45, 7) is 0.736. The van der Waals surface area contributed by atoms with Gasteiger partial charge in [-0.05, 0) is 12.1 Å². The molecular weight excluding hydrogens is 212 g/mol. The number of ether oxygens (including phenoxy) is 1. The monoisotopic (exact) mass is 226 g/mol. The van der Waals surface area contributed by atoms with Crippen molar-refractivity contribution in [1.29, 1.82) is 0 Å². The van der Waals surface area contributed by atoms with Crippen molar-refractivity contribution < 1.29 is 9.53 Å². The van der Waals surface area contributed by atoms with Gasteiger partial charge in [0.25, 0.3) is 0 Å². The van der Waals surface area contributed by atoms with Crippen molar-refractivity contribution in [2.24, 2.45) is 0 Å². The van der Waals surface area contributed by atoms with Crippen molar-refractivity contribution >= 4 is 6.29 Å². The van der Waals surface area contributed by atoms with E-state index in [4.69, 9.17) is 4.74 Å². The van der Waals surface area contributed by atoms with E-state index >= 15 is 0 Å². The molecule has 0 spiro atoms. The zero-order chi connectivity index (χ0) is 12.2. The number of carbonyl (C=O) groups is 1. The number of rotatable bonds is 4. The number of unbranched alkanes of at least 4 members (excludes halogenated alkanes) is 1. The summed E-state index contributed by atoms with van der Waals surface area (Å²) in [5.74, 6) is 11.6. The summed E-state index contributed by atoms with van der Waals surface area (Å²) in [5.41, 5.74) is 0.980. The number of benzene rings is 1. The minimum absolute atomic E-state index is 0.363. The predicted octanol–water partition coefficient (Wildman–Crippen LogP) is 2.04. The molecule has 1 aromatic rings. The third kappa shape index (κ3) is 6.95. The number of hydrogen-bond acceptors (Lipinski definition) is 2. The largest absolute Gasteiger partial charge is 0.356 e. The van der Waals surface area contributed by atoms with Crippen LogP contribution in [-0.4, -0.2) is 19.5 Å². The Balaban J connectivity index is 2.14. The zero-order valence-corrected chi connectivity index (χ0v) is 9.61. The molecule has 0 bridgehead atoms. The van der Waals surface area contributed by atoms with Crippen LogP contribution in [0.3, 0.4) is 0 Å². The van der Waals surface area contributed by atoms with Gasteiger partial charge in [-0.2, -0.15) is 0 Å². The van der Waals surface area contributed by atoms with E-state index < -0.39 is 0 Å². The van der Waals surface area contributed by atoms with Gasteiger partial charge in [0, 0.05) is 18.4 Å². The second kappa shape index (κ2) is 9.21. The van der Waals surface area contributed by atoms with Crippen LogP contribution >= 0.6 is 0 Å². The Morgan fingerprint density at radius 1 is 1.06 bits per heavy atom. The Kier molecular flexibility index (Phi) is 7.07. The lowest BCUT2D eigenvalue weighted by molar-refractivity contribution is -0.107. The highest BCUT2D eigenvalue weighted by molar-refractivity contribution is 5.49. The van der Waals surface area contributed by atoms with Crippen molar-refractivity contribution in [2.75, 3.05) is 13.2 Å². The zero-order valence-electron chi connectivity index (χ0n) is 9.61. The van der Waals surface area contributed by atoms with Crippen LogP contribution in [0.15, 0.2) is 30.3 Å². The molecule has 0 amide bonds. The first-order valence-corrected chi connectivity index (χ1v) is 5.44. The fraction of sp³-hybridized carbons (Fsp3) is 0.267. The average Bonchev–Trinajstić information content (AvgIpc) is 2.38. The molecule has 0 N–H and O–H groups in total. The molecule has 0 aliphatic heterocycles. The first-order chi connectivity index (χ1) is 8.43. The maximum Gasteiger partial charge on any atom is 0.120 e. The summed E-state index contributed by atoms with van der Waals surface area (Å²) in [6.07, 6.45) is 1.95. The molecule has 2 nitrogen and oxygen atoms in total. The summed E-state index contributed by atoms with van der Waals surface area (Å²) in [7, 11) is 0. The van der Waals surface area contributed by atoms with Gasteiger partial charge in [-0.3, -0.25) is 0 Å². The summed E-state index contributed by atoms with van der Waals surface area (Å²) in [5, 5.41) is 0. The van der Waals surface area contributed by atoms with E-state index in [2.05, 4.69) is 23.7 Å². The summed E-state index contributed by atoms with van der Waals surface area (Å²) >= 11 is 0. The molecule has 0 radical (unpaired) electrons. The number of hydrogen-bond donors (Lipinski definition) is 0. The standard InChI is InChI=1S/C15H14O2/c16-12-6-1-2-7-13-17-14-8-11-15-9-4-3-5-10-15/h3-5,9-10,12H,1,6,13-14H2. The molecule has 0 saturated carbocycles. The second-order valence-corrected chi connectivity index (χ2v) is 3.22. The molecular formula is C15H14O2. The van der Waals surface area contributed by atoms with Gasteiger partial charge in [-0.25, -0.2) is 0 Å². The number of aldehydes is 1. The molecule has 1 rings (SSSR count). The maximum atomic E-state index is 10.00.